The largest absolute Gasteiger partial charge is 0.263 e. The Kier molecular flexibility index (Phi) is 3.74. The molecule has 2 aromatic carbocycles. The van der Waals surface area contributed by atoms with Crippen molar-refractivity contribution >= 4 is 48.3 Å². The Morgan fingerprint density at radius 3 is 2.59 bits per heavy atom. The highest BCUT2D eigenvalue weighted by atomic mass is 35.5. The van der Waals surface area contributed by atoms with Gasteiger partial charge in [0.25, 0.3) is 10.0 Å². The highest BCUT2D eigenvalue weighted by molar-refractivity contribution is 7.93. The molecule has 3 aromatic rings. The Morgan fingerprint density at radius 2 is 1.91 bits per heavy atom. The second-order valence-corrected chi connectivity index (χ2v) is 7.52. The Hall–Kier alpha value is -2.14. The topological polar surface area (TPSA) is 82.8 Å². The van der Waals surface area contributed by atoms with Crippen LogP contribution in [0, 0.1) is 11.3 Å². The molecule has 0 saturated heterocycles. The molecule has 110 valence electrons. The van der Waals surface area contributed by atoms with Gasteiger partial charge >= 0.3 is 0 Å². The highest BCUT2D eigenvalue weighted by Gasteiger charge is 2.16. The summed E-state index contributed by atoms with van der Waals surface area (Å²) in [5.41, 5.74) is 1.07. The number of nitrogens with one attached hydrogen (secondary N) is 1. The van der Waals surface area contributed by atoms with Crippen LogP contribution >= 0.6 is 22.9 Å². The van der Waals surface area contributed by atoms with Crippen LogP contribution in [0.2, 0.25) is 5.02 Å². The minimum Gasteiger partial charge on any atom is -0.255 e. The lowest BCUT2D eigenvalue weighted by Gasteiger charge is -2.04. The summed E-state index contributed by atoms with van der Waals surface area (Å²) in [7, 11) is -3.74. The fraction of sp³-hybridized carbons (Fsp3) is 0. The number of halogens is 1. The first kappa shape index (κ1) is 14.8. The van der Waals surface area contributed by atoms with E-state index in [4.69, 9.17) is 16.9 Å². The summed E-state index contributed by atoms with van der Waals surface area (Å²) in [6.45, 7) is 0. The smallest absolute Gasteiger partial charge is 0.255 e. The van der Waals surface area contributed by atoms with E-state index < -0.39 is 10.0 Å². The minimum absolute atomic E-state index is 0.0730. The zero-order valence-corrected chi connectivity index (χ0v) is 13.3. The average Bonchev–Trinajstić information content (AvgIpc) is 2.87. The molecule has 1 N–H and O–H groups in total. The molecule has 0 radical (unpaired) electrons. The number of rotatable bonds is 3. The molecule has 0 aliphatic rings. The Morgan fingerprint density at radius 1 is 1.18 bits per heavy atom. The van der Waals surface area contributed by atoms with E-state index in [0.717, 1.165) is 4.70 Å². The van der Waals surface area contributed by atoms with Crippen molar-refractivity contribution in [1.29, 1.82) is 5.26 Å². The van der Waals surface area contributed by atoms with Crippen molar-refractivity contribution in [2.24, 2.45) is 0 Å². The molecule has 0 bridgehead atoms. The fourth-order valence-electron chi connectivity index (χ4n) is 1.82. The molecule has 0 spiro atoms. The number of thiazole rings is 1. The molecule has 0 amide bonds. The van der Waals surface area contributed by atoms with Gasteiger partial charge < -0.3 is 0 Å². The van der Waals surface area contributed by atoms with Crippen LogP contribution in [0.3, 0.4) is 0 Å². The highest BCUT2D eigenvalue weighted by Crippen LogP contribution is 2.29. The van der Waals surface area contributed by atoms with Gasteiger partial charge in [-0.2, -0.15) is 5.26 Å². The first-order valence-electron chi connectivity index (χ1n) is 6.07. The summed E-state index contributed by atoms with van der Waals surface area (Å²) in [5, 5.41) is 9.57. The van der Waals surface area contributed by atoms with E-state index in [1.54, 1.807) is 18.2 Å². The molecule has 0 unspecified atom stereocenters. The van der Waals surface area contributed by atoms with Crippen LogP contribution in [0.15, 0.2) is 47.4 Å². The van der Waals surface area contributed by atoms with Gasteiger partial charge in [0, 0.05) is 5.02 Å². The van der Waals surface area contributed by atoms with Crippen molar-refractivity contribution in [1.82, 2.24) is 4.98 Å². The van der Waals surface area contributed by atoms with Crippen molar-refractivity contribution in [3.63, 3.8) is 0 Å². The van der Waals surface area contributed by atoms with Gasteiger partial charge in [-0.25, -0.2) is 13.4 Å². The van der Waals surface area contributed by atoms with Gasteiger partial charge in [0.2, 0.25) is 0 Å². The predicted octanol–water partition coefficient (Wildman–Crippen LogP) is 3.62. The normalized spacial score (nSPS) is 11.3. The minimum atomic E-state index is -3.74. The quantitative estimate of drug-likeness (QED) is 0.782. The Balaban J connectivity index is 1.93. The van der Waals surface area contributed by atoms with Gasteiger partial charge in [-0.05, 0) is 42.5 Å². The van der Waals surface area contributed by atoms with Crippen molar-refractivity contribution in [3.05, 3.63) is 53.1 Å². The monoisotopic (exact) mass is 349 g/mol. The Labute approximate surface area is 135 Å². The molecule has 0 atom stereocenters. The van der Waals surface area contributed by atoms with Crippen molar-refractivity contribution in [2.75, 3.05) is 4.72 Å². The third-order valence-electron chi connectivity index (χ3n) is 2.87. The van der Waals surface area contributed by atoms with E-state index in [2.05, 4.69) is 9.71 Å². The molecule has 3 rings (SSSR count). The van der Waals surface area contributed by atoms with E-state index in [-0.39, 0.29) is 10.0 Å². The van der Waals surface area contributed by atoms with Gasteiger partial charge in [-0.15, -0.1) is 0 Å². The maximum Gasteiger partial charge on any atom is 0.263 e. The van der Waals surface area contributed by atoms with Crippen molar-refractivity contribution < 1.29 is 8.42 Å². The third kappa shape index (κ3) is 2.90. The number of hydrogen-bond donors (Lipinski definition) is 1. The van der Waals surface area contributed by atoms with E-state index in [1.807, 2.05) is 6.07 Å². The Bertz CT molecular complexity index is 989. The summed E-state index contributed by atoms with van der Waals surface area (Å²) < 4.78 is 27.8. The lowest BCUT2D eigenvalue weighted by Crippen LogP contribution is -2.12. The molecule has 0 aliphatic heterocycles. The van der Waals surface area contributed by atoms with Crippen molar-refractivity contribution in [3.8, 4) is 6.07 Å². The van der Waals surface area contributed by atoms with Gasteiger partial charge in [0.1, 0.15) is 0 Å². The lowest BCUT2D eigenvalue weighted by atomic mass is 10.2. The summed E-state index contributed by atoms with van der Waals surface area (Å²) in [6.07, 6.45) is 0. The fourth-order valence-corrected chi connectivity index (χ4v) is 4.20. The number of anilines is 1. The van der Waals surface area contributed by atoms with Crippen LogP contribution in [0.1, 0.15) is 5.56 Å². The third-order valence-corrected chi connectivity index (χ3v) is 5.52. The molecule has 8 heteroatoms. The SMILES string of the molecule is N#Cc1ccc(S(=O)(=O)Nc2nc3ccc(Cl)cc3s2)cc1. The first-order chi connectivity index (χ1) is 10.5. The van der Waals surface area contributed by atoms with E-state index in [0.29, 0.717) is 16.1 Å². The van der Waals surface area contributed by atoms with Crippen LogP contribution in [0.4, 0.5) is 5.13 Å². The molecule has 22 heavy (non-hydrogen) atoms. The van der Waals surface area contributed by atoms with Gasteiger partial charge in [0.15, 0.2) is 5.13 Å². The predicted molar refractivity (Wildman–Crippen MR) is 86.6 cm³/mol. The second-order valence-electron chi connectivity index (χ2n) is 4.37. The van der Waals surface area contributed by atoms with E-state index >= 15 is 0 Å². The summed E-state index contributed by atoms with van der Waals surface area (Å²) in [6, 6.07) is 12.8. The van der Waals surface area contributed by atoms with Gasteiger partial charge in [-0.3, -0.25) is 4.72 Å². The molecule has 1 aromatic heterocycles. The second kappa shape index (κ2) is 5.57. The number of nitriles is 1. The van der Waals surface area contributed by atoms with E-state index in [9.17, 15) is 8.42 Å². The zero-order valence-electron chi connectivity index (χ0n) is 10.9. The first-order valence-corrected chi connectivity index (χ1v) is 8.75. The maximum absolute atomic E-state index is 12.3. The van der Waals surface area contributed by atoms with Gasteiger partial charge in [-0.1, -0.05) is 22.9 Å². The molecule has 1 heterocycles. The van der Waals surface area contributed by atoms with Crippen LogP contribution in [-0.4, -0.2) is 13.4 Å². The summed E-state index contributed by atoms with van der Waals surface area (Å²) in [4.78, 5) is 4.29. The molecule has 0 saturated carbocycles. The van der Waals surface area contributed by atoms with Crippen molar-refractivity contribution in [2.45, 2.75) is 4.90 Å². The standard InChI is InChI=1S/C14H8ClN3O2S2/c15-10-3-6-12-13(7-10)21-14(17-12)18-22(19,20)11-4-1-9(8-16)2-5-11/h1-7H,(H,17,18). The number of hydrogen-bond acceptors (Lipinski definition) is 5. The average molecular weight is 350 g/mol. The van der Waals surface area contributed by atoms with Crippen LogP contribution in [0.5, 0.6) is 0 Å². The van der Waals surface area contributed by atoms with Crippen LogP contribution in [-0.2, 0) is 10.0 Å². The molecular weight excluding hydrogens is 342 g/mol. The number of nitrogens with zero attached hydrogens (tertiary/aromatic N) is 2. The summed E-state index contributed by atoms with van der Waals surface area (Å²) >= 11 is 7.10. The number of sulfonamides is 1. The molecule has 0 aliphatic carbocycles. The molecule has 0 fully saturated rings. The van der Waals surface area contributed by atoms with E-state index in [1.165, 1.54) is 35.6 Å². The molecular formula is C14H8ClN3O2S2. The van der Waals surface area contributed by atoms with Crippen LogP contribution in [0.25, 0.3) is 10.2 Å². The van der Waals surface area contributed by atoms with Crippen LogP contribution < -0.4 is 4.72 Å². The number of fused-ring (bicyclic) bond motifs is 1. The lowest BCUT2D eigenvalue weighted by molar-refractivity contribution is 0.601. The summed E-state index contributed by atoms with van der Waals surface area (Å²) in [5.74, 6) is 0. The zero-order chi connectivity index (χ0) is 15.7. The number of aromatic nitrogens is 1. The maximum atomic E-state index is 12.3. The van der Waals surface area contributed by atoms with Gasteiger partial charge in [0.05, 0.1) is 26.7 Å². The molecule has 5 nitrogen and oxygen atoms in total. The number of benzene rings is 2.